The topological polar surface area (TPSA) is 62.6 Å². The van der Waals surface area contributed by atoms with Crippen LogP contribution >= 0.6 is 0 Å². The molecule has 0 fully saturated rings. The lowest BCUT2D eigenvalue weighted by Crippen LogP contribution is -2.40. The molecule has 0 bridgehead atoms. The molecule has 5 nitrogen and oxygen atoms in total. The van der Waals surface area contributed by atoms with E-state index in [0.29, 0.717) is 23.6 Å². The van der Waals surface area contributed by atoms with Crippen molar-refractivity contribution in [3.8, 4) is 17.6 Å². The van der Waals surface area contributed by atoms with Crippen LogP contribution in [0, 0.1) is 11.3 Å². The molecule has 2 rings (SSSR count). The maximum Gasteiger partial charge on any atom is 0.261 e. The van der Waals surface area contributed by atoms with E-state index in [2.05, 4.69) is 13.0 Å². The first-order valence-corrected chi connectivity index (χ1v) is 8.63. The van der Waals surface area contributed by atoms with E-state index >= 15 is 0 Å². The summed E-state index contributed by atoms with van der Waals surface area (Å²) in [5.41, 5.74) is 1.56. The minimum absolute atomic E-state index is 0.0839. The van der Waals surface area contributed by atoms with Crippen molar-refractivity contribution < 1.29 is 14.3 Å². The molecule has 0 saturated heterocycles. The first-order chi connectivity index (χ1) is 12.6. The lowest BCUT2D eigenvalue weighted by atomic mass is 10.1. The van der Waals surface area contributed by atoms with Gasteiger partial charge in [-0.1, -0.05) is 37.3 Å². The van der Waals surface area contributed by atoms with Crippen molar-refractivity contribution in [1.29, 1.82) is 5.26 Å². The summed E-state index contributed by atoms with van der Waals surface area (Å²) in [6, 6.07) is 16.9. The SMILES string of the molecule is CCC(C)N(Cc1ccccc1)C(=O)COc1ccc(C#N)cc1OC. The fourth-order valence-corrected chi connectivity index (χ4v) is 2.57. The number of amides is 1. The number of carbonyl (C=O) groups is 1. The predicted molar refractivity (Wildman–Crippen MR) is 99.9 cm³/mol. The van der Waals surface area contributed by atoms with Crippen molar-refractivity contribution in [3.63, 3.8) is 0 Å². The molecule has 1 unspecified atom stereocenters. The molecule has 0 radical (unpaired) electrons. The minimum Gasteiger partial charge on any atom is -0.493 e. The standard InChI is InChI=1S/C21H24N2O3/c1-4-16(2)23(14-17-8-6-5-7-9-17)21(24)15-26-19-11-10-18(13-22)12-20(19)25-3/h5-12,16H,4,14-15H2,1-3H3. The monoisotopic (exact) mass is 352 g/mol. The summed E-state index contributed by atoms with van der Waals surface area (Å²) in [4.78, 5) is 14.6. The second-order valence-electron chi connectivity index (χ2n) is 6.03. The van der Waals surface area contributed by atoms with Gasteiger partial charge >= 0.3 is 0 Å². The van der Waals surface area contributed by atoms with E-state index in [1.807, 2.05) is 42.2 Å². The van der Waals surface area contributed by atoms with Gasteiger partial charge in [-0.05, 0) is 31.0 Å². The van der Waals surface area contributed by atoms with Crippen LogP contribution in [-0.4, -0.2) is 30.6 Å². The highest BCUT2D eigenvalue weighted by atomic mass is 16.5. The smallest absolute Gasteiger partial charge is 0.261 e. The minimum atomic E-state index is -0.0883. The van der Waals surface area contributed by atoms with Crippen LogP contribution in [0.25, 0.3) is 0 Å². The quantitative estimate of drug-likeness (QED) is 0.725. The van der Waals surface area contributed by atoms with Crippen LogP contribution in [0.2, 0.25) is 0 Å². The van der Waals surface area contributed by atoms with Crippen molar-refractivity contribution >= 4 is 5.91 Å². The van der Waals surface area contributed by atoms with Gasteiger partial charge in [0.2, 0.25) is 0 Å². The van der Waals surface area contributed by atoms with E-state index in [1.165, 1.54) is 7.11 Å². The van der Waals surface area contributed by atoms with Crippen LogP contribution < -0.4 is 9.47 Å². The molecular weight excluding hydrogens is 328 g/mol. The van der Waals surface area contributed by atoms with Gasteiger partial charge in [-0.3, -0.25) is 4.79 Å². The summed E-state index contributed by atoms with van der Waals surface area (Å²) in [7, 11) is 1.51. The molecule has 136 valence electrons. The number of benzene rings is 2. The molecule has 5 heteroatoms. The van der Waals surface area contributed by atoms with E-state index in [9.17, 15) is 4.79 Å². The van der Waals surface area contributed by atoms with Gasteiger partial charge in [0.25, 0.3) is 5.91 Å². The molecule has 2 aromatic carbocycles. The molecule has 0 aliphatic carbocycles. The molecule has 0 N–H and O–H groups in total. The van der Waals surface area contributed by atoms with Gasteiger partial charge in [0, 0.05) is 18.7 Å². The molecule has 0 aromatic heterocycles. The molecule has 0 heterocycles. The highest BCUT2D eigenvalue weighted by Crippen LogP contribution is 2.28. The number of rotatable bonds is 8. The van der Waals surface area contributed by atoms with E-state index in [4.69, 9.17) is 14.7 Å². The Labute approximate surface area is 154 Å². The number of hydrogen-bond acceptors (Lipinski definition) is 4. The van der Waals surface area contributed by atoms with E-state index < -0.39 is 0 Å². The van der Waals surface area contributed by atoms with Gasteiger partial charge in [-0.25, -0.2) is 0 Å². The number of ether oxygens (including phenoxy) is 2. The van der Waals surface area contributed by atoms with Crippen LogP contribution in [0.5, 0.6) is 11.5 Å². The Bertz CT molecular complexity index is 769. The second kappa shape index (κ2) is 9.47. The molecular formula is C21H24N2O3. The largest absolute Gasteiger partial charge is 0.493 e. The Hall–Kier alpha value is -3.00. The summed E-state index contributed by atoms with van der Waals surface area (Å²) in [5, 5.41) is 8.96. The second-order valence-corrected chi connectivity index (χ2v) is 6.03. The highest BCUT2D eigenvalue weighted by molar-refractivity contribution is 5.78. The van der Waals surface area contributed by atoms with Gasteiger partial charge < -0.3 is 14.4 Å². The Kier molecular flexibility index (Phi) is 7.04. The normalized spacial score (nSPS) is 11.3. The number of nitriles is 1. The first-order valence-electron chi connectivity index (χ1n) is 8.63. The Morgan fingerprint density at radius 1 is 1.19 bits per heavy atom. The number of hydrogen-bond donors (Lipinski definition) is 0. The summed E-state index contributed by atoms with van der Waals surface area (Å²) in [5.74, 6) is 0.799. The molecule has 0 aliphatic heterocycles. The zero-order valence-corrected chi connectivity index (χ0v) is 15.4. The molecule has 2 aromatic rings. The maximum atomic E-state index is 12.8. The van der Waals surface area contributed by atoms with Crippen LogP contribution in [0.3, 0.4) is 0 Å². The number of methoxy groups -OCH3 is 1. The van der Waals surface area contributed by atoms with Crippen LogP contribution in [0.1, 0.15) is 31.4 Å². The van der Waals surface area contributed by atoms with Gasteiger partial charge in [-0.15, -0.1) is 0 Å². The van der Waals surface area contributed by atoms with Crippen molar-refractivity contribution in [2.45, 2.75) is 32.9 Å². The third-order valence-corrected chi connectivity index (χ3v) is 4.28. The van der Waals surface area contributed by atoms with E-state index in [0.717, 1.165) is 12.0 Å². The predicted octanol–water partition coefficient (Wildman–Crippen LogP) is 3.77. The molecule has 0 saturated carbocycles. The van der Waals surface area contributed by atoms with Crippen molar-refractivity contribution in [3.05, 3.63) is 59.7 Å². The summed E-state index contributed by atoms with van der Waals surface area (Å²) in [6.07, 6.45) is 0.860. The summed E-state index contributed by atoms with van der Waals surface area (Å²) >= 11 is 0. The molecule has 1 atom stereocenters. The van der Waals surface area contributed by atoms with Gasteiger partial charge in [0.15, 0.2) is 18.1 Å². The van der Waals surface area contributed by atoms with Crippen LogP contribution in [-0.2, 0) is 11.3 Å². The third kappa shape index (κ3) is 5.00. The lowest BCUT2D eigenvalue weighted by Gasteiger charge is -2.29. The summed E-state index contributed by atoms with van der Waals surface area (Å²) in [6.45, 7) is 4.55. The van der Waals surface area contributed by atoms with Gasteiger partial charge in [0.05, 0.1) is 18.7 Å². The average molecular weight is 352 g/mol. The number of carbonyl (C=O) groups excluding carboxylic acids is 1. The Morgan fingerprint density at radius 3 is 2.54 bits per heavy atom. The number of nitrogens with zero attached hydrogens (tertiary/aromatic N) is 2. The highest BCUT2D eigenvalue weighted by Gasteiger charge is 2.20. The Balaban J connectivity index is 2.09. The molecule has 0 spiro atoms. The first kappa shape index (κ1) is 19.3. The zero-order chi connectivity index (χ0) is 18.9. The molecule has 26 heavy (non-hydrogen) atoms. The van der Waals surface area contributed by atoms with E-state index in [1.54, 1.807) is 18.2 Å². The van der Waals surface area contributed by atoms with Crippen molar-refractivity contribution in [1.82, 2.24) is 4.90 Å². The molecule has 0 aliphatic rings. The lowest BCUT2D eigenvalue weighted by molar-refractivity contribution is -0.136. The van der Waals surface area contributed by atoms with Crippen LogP contribution in [0.15, 0.2) is 48.5 Å². The van der Waals surface area contributed by atoms with Gasteiger partial charge in [-0.2, -0.15) is 5.26 Å². The van der Waals surface area contributed by atoms with Gasteiger partial charge in [0.1, 0.15) is 0 Å². The van der Waals surface area contributed by atoms with E-state index in [-0.39, 0.29) is 18.6 Å². The molecule has 1 amide bonds. The third-order valence-electron chi connectivity index (χ3n) is 4.28. The fourth-order valence-electron chi connectivity index (χ4n) is 2.57. The summed E-state index contributed by atoms with van der Waals surface area (Å²) < 4.78 is 10.9. The maximum absolute atomic E-state index is 12.8. The van der Waals surface area contributed by atoms with Crippen molar-refractivity contribution in [2.24, 2.45) is 0 Å². The van der Waals surface area contributed by atoms with Crippen LogP contribution in [0.4, 0.5) is 0 Å². The average Bonchev–Trinajstić information content (AvgIpc) is 2.70. The van der Waals surface area contributed by atoms with Crippen molar-refractivity contribution in [2.75, 3.05) is 13.7 Å². The zero-order valence-electron chi connectivity index (χ0n) is 15.4. The Morgan fingerprint density at radius 2 is 1.92 bits per heavy atom. The fraction of sp³-hybridized carbons (Fsp3) is 0.333.